The summed E-state index contributed by atoms with van der Waals surface area (Å²) in [6.45, 7) is -0.474. The first kappa shape index (κ1) is 71.8. The molecule has 19 unspecified atom stereocenters. The van der Waals surface area contributed by atoms with E-state index in [0.29, 0.717) is 0 Å². The summed E-state index contributed by atoms with van der Waals surface area (Å²) in [6, 6.07) is 0. The number of aliphatic hydroxyl groups is 18. The summed E-state index contributed by atoms with van der Waals surface area (Å²) in [5.41, 5.74) is 41.4. The molecule has 4 bridgehead atoms. The molecule has 490 valence electrons. The highest BCUT2D eigenvalue weighted by molar-refractivity contribution is 5.32. The summed E-state index contributed by atoms with van der Waals surface area (Å²) >= 11 is 0. The molecule has 3 fully saturated rings. The van der Waals surface area contributed by atoms with Crippen LogP contribution < -0.4 is 45.9 Å². The van der Waals surface area contributed by atoms with Crippen molar-refractivity contribution in [2.45, 2.75) is 154 Å². The number of hydrogen-bond acceptors (Lipinski definition) is 37. The Kier molecular flexibility index (Phi) is 27.3. The summed E-state index contributed by atoms with van der Waals surface area (Å²) in [5.74, 6) is -15.7. The average Bonchev–Trinajstić information content (AvgIpc) is 0.666. The molecule has 0 aromatic rings. The van der Waals surface area contributed by atoms with Gasteiger partial charge < -0.3 is 190 Å². The number of nitrogens with two attached hydrogens (primary N) is 8. The van der Waals surface area contributed by atoms with E-state index in [2.05, 4.69) is 6.58 Å². The molecule has 4 heterocycles. The number of fused-ring (bicyclic) bond motifs is 23. The summed E-state index contributed by atoms with van der Waals surface area (Å²) in [7, 11) is 0. The van der Waals surface area contributed by atoms with Crippen molar-refractivity contribution in [3.63, 3.8) is 0 Å². The molecule has 0 aromatic carbocycles. The fraction of sp³-hybridized carbons (Fsp3) is 0.708. The molecule has 34 N–H and O–H groups in total. The van der Waals surface area contributed by atoms with Crippen LogP contribution >= 0.6 is 0 Å². The van der Waals surface area contributed by atoms with E-state index in [1.807, 2.05) is 0 Å². The van der Waals surface area contributed by atoms with Gasteiger partial charge in [0.15, 0.2) is 71.0 Å². The van der Waals surface area contributed by atoms with Crippen molar-refractivity contribution in [2.24, 2.45) is 45.9 Å². The lowest BCUT2D eigenvalue weighted by Crippen LogP contribution is -2.97. The fourth-order valence-corrected chi connectivity index (χ4v) is 9.18. The van der Waals surface area contributed by atoms with E-state index in [9.17, 15) is 91.9 Å². The van der Waals surface area contributed by atoms with E-state index in [4.69, 9.17) is 98.0 Å². The summed E-state index contributed by atoms with van der Waals surface area (Å²) in [4.78, 5) is 0. The van der Waals surface area contributed by atoms with Crippen LogP contribution in [0.25, 0.3) is 0 Å². The second-order valence-corrected chi connectivity index (χ2v) is 19.4. The lowest BCUT2D eigenvalue weighted by atomic mass is 9.55. The number of hydrogen-bond donors (Lipinski definition) is 26. The molecule has 85 heavy (non-hydrogen) atoms. The largest absolute Gasteiger partial charge is 0.506 e. The van der Waals surface area contributed by atoms with Crippen LogP contribution in [0.3, 0.4) is 0 Å². The van der Waals surface area contributed by atoms with Crippen molar-refractivity contribution in [1.82, 2.24) is 0 Å². The van der Waals surface area contributed by atoms with Gasteiger partial charge in [-0.2, -0.15) is 0 Å². The minimum atomic E-state index is -2.65. The van der Waals surface area contributed by atoms with E-state index in [-0.39, 0.29) is 32.6 Å². The molecule has 1 aliphatic carbocycles. The van der Waals surface area contributed by atoms with Crippen molar-refractivity contribution < 1.29 is 144 Å². The van der Waals surface area contributed by atoms with E-state index in [1.54, 1.807) is 0 Å². The van der Waals surface area contributed by atoms with Gasteiger partial charge in [-0.15, -0.1) is 0 Å². The molecule has 1 saturated carbocycles. The molecular weight excluding hydrogens is 1150 g/mol. The molecule has 2 saturated heterocycles. The fourth-order valence-electron chi connectivity index (χ4n) is 9.18. The Morgan fingerprint density at radius 1 is 0.459 bits per heavy atom. The molecule has 0 radical (unpaired) electrons. The first-order valence-corrected chi connectivity index (χ1v) is 26.5. The van der Waals surface area contributed by atoms with Crippen molar-refractivity contribution in [1.29, 1.82) is 0 Å². The molecule has 19 atom stereocenters. The third kappa shape index (κ3) is 15.9. The third-order valence-corrected chi connectivity index (χ3v) is 13.8. The zero-order valence-electron chi connectivity index (χ0n) is 45.9. The number of aliphatic hydroxyl groups excluding tert-OH is 17. The van der Waals surface area contributed by atoms with Crippen molar-refractivity contribution in [3.8, 4) is 0 Å². The summed E-state index contributed by atoms with van der Waals surface area (Å²) < 4.78 is 60.8. The molecule has 5 rings (SSSR count). The standard InChI is InChI=1S/C48H84N8O29/c1-2-15-75-36-27(59)20(5-11-51)82-46-48(74)37(67)38(47(48,17-56)85-46)84-43(72)33(65)25(57)18(3-9-49)76-39(68)28(60)21(6-12-52)77-40(69)29(61)22(7-13-53)78-42(71)32(64)26(58)19(4-10-50)80-45-34(66)31(63)35(24(16-55)81-45)83-41(70)30(62)23(8-14-54)79-44(36)73/h2,18-24,31,34-35,37-38,42-46,57-74H,1,3-17,49-56H2/b32-26-,33-25+,36-27+,39-28-,40-29-,41-30+. The lowest BCUT2D eigenvalue weighted by molar-refractivity contribution is -0.526. The second kappa shape index (κ2) is 32.3. The highest BCUT2D eigenvalue weighted by Gasteiger charge is 2.85. The first-order chi connectivity index (χ1) is 40.2. The molecule has 37 nitrogen and oxygen atoms in total. The molecule has 37 heteroatoms. The van der Waals surface area contributed by atoms with Crippen LogP contribution in [-0.2, 0) is 52.1 Å². The molecular formula is C48H84N8O29. The van der Waals surface area contributed by atoms with Gasteiger partial charge in [-0.1, -0.05) is 12.7 Å². The summed E-state index contributed by atoms with van der Waals surface area (Å²) in [5, 5.41) is 202. The van der Waals surface area contributed by atoms with Gasteiger partial charge in [0.05, 0.1) is 0 Å². The monoisotopic (exact) mass is 1240 g/mol. The highest BCUT2D eigenvalue weighted by atomic mass is 16.8. The molecule has 0 amide bonds. The van der Waals surface area contributed by atoms with Gasteiger partial charge in [-0.3, -0.25) is 0 Å². The zero-order valence-corrected chi connectivity index (χ0v) is 45.9. The Morgan fingerprint density at radius 2 is 0.871 bits per heavy atom. The highest BCUT2D eigenvalue weighted by Crippen LogP contribution is 2.59. The maximum atomic E-state index is 11.9. The smallest absolute Gasteiger partial charge is 0.321 e. The Labute approximate surface area is 484 Å². The minimum absolute atomic E-state index is 0.307. The molecule has 4 aliphatic heterocycles. The quantitative estimate of drug-likeness (QED) is 0.0603. The van der Waals surface area contributed by atoms with Gasteiger partial charge in [0.25, 0.3) is 0 Å². The van der Waals surface area contributed by atoms with E-state index in [1.165, 1.54) is 0 Å². The zero-order chi connectivity index (χ0) is 63.8. The number of rotatable bonds is 17. The predicted molar refractivity (Wildman–Crippen MR) is 284 cm³/mol. The van der Waals surface area contributed by atoms with E-state index >= 15 is 0 Å². The van der Waals surface area contributed by atoms with Gasteiger partial charge in [0, 0.05) is 25.9 Å². The second-order valence-electron chi connectivity index (χ2n) is 19.4. The van der Waals surface area contributed by atoms with E-state index in [0.717, 1.165) is 6.08 Å². The average molecular weight is 1240 g/mol. The van der Waals surface area contributed by atoms with Crippen LogP contribution in [0.15, 0.2) is 82.3 Å². The topological polar surface area (TPSA) is 674 Å². The Balaban J connectivity index is 1.86. The van der Waals surface area contributed by atoms with Gasteiger partial charge >= 0.3 is 17.8 Å². The first-order valence-electron chi connectivity index (χ1n) is 26.5. The van der Waals surface area contributed by atoms with Crippen molar-refractivity contribution in [2.75, 3.05) is 59.0 Å². The van der Waals surface area contributed by atoms with Crippen LogP contribution in [0.4, 0.5) is 0 Å². The van der Waals surface area contributed by atoms with Gasteiger partial charge in [0.1, 0.15) is 67.1 Å². The number of ether oxygens (including phenoxy) is 11. The van der Waals surface area contributed by atoms with Crippen LogP contribution in [0.2, 0.25) is 0 Å². The minimum Gasteiger partial charge on any atom is -0.506 e. The maximum absolute atomic E-state index is 11.9. The maximum Gasteiger partial charge on any atom is 0.321 e. The lowest BCUT2D eigenvalue weighted by Gasteiger charge is -2.72. The Morgan fingerprint density at radius 3 is 1.34 bits per heavy atom. The van der Waals surface area contributed by atoms with E-state index < -0.39 is 250 Å². The van der Waals surface area contributed by atoms with Gasteiger partial charge in [-0.05, 0) is 65.0 Å². The molecule has 0 aromatic heterocycles. The Bertz CT molecular complexity index is 2370. The summed E-state index contributed by atoms with van der Waals surface area (Å²) in [6.07, 6.45) is -36.6. The molecule has 0 spiro atoms. The predicted octanol–water partition coefficient (Wildman–Crippen LogP) is -5.82. The van der Waals surface area contributed by atoms with Crippen LogP contribution in [-0.4, -0.2) is 267 Å². The molecule has 5 aliphatic rings. The third-order valence-electron chi connectivity index (χ3n) is 13.8. The SMILES string of the molecule is C=CCO/C1=C(/O)C(CCN)OC2OC3(CN)C(OC(O)/C(O)=C(\O)C(CCN)O/C(O)=C(\O)C(CCN)O/C(O)=C(\O)C(CCN)OC(O)/C(O)=C(/O)C(CCN)OC4OC(CN)C(O/C(O)=C(/O)C(CCN)OC1O)C(O)C4O)C(O)C23O. The van der Waals surface area contributed by atoms with Crippen LogP contribution in [0.1, 0.15) is 38.5 Å². The van der Waals surface area contributed by atoms with Crippen molar-refractivity contribution in [3.05, 3.63) is 82.3 Å². The van der Waals surface area contributed by atoms with Crippen molar-refractivity contribution >= 4 is 0 Å². The normalized spacial score (nSPS) is 41.9. The van der Waals surface area contributed by atoms with Gasteiger partial charge in [0.2, 0.25) is 36.1 Å². The van der Waals surface area contributed by atoms with Crippen LogP contribution in [0.5, 0.6) is 0 Å². The van der Waals surface area contributed by atoms with Crippen LogP contribution in [0, 0.1) is 0 Å². The van der Waals surface area contributed by atoms with Gasteiger partial charge in [-0.25, -0.2) is 0 Å². The Hall–Kier alpha value is -5.70.